The lowest BCUT2D eigenvalue weighted by Gasteiger charge is -2.07. The van der Waals surface area contributed by atoms with Crippen molar-refractivity contribution < 1.29 is 9.53 Å². The molecule has 1 heterocycles. The fourth-order valence-electron chi connectivity index (χ4n) is 1.34. The molecule has 0 unspecified atom stereocenters. The number of carbonyl (C=O) groups is 1. The third kappa shape index (κ3) is 7.47. The zero-order chi connectivity index (χ0) is 13.4. The number of nitrogens with two attached hydrogens (primary N) is 1. The minimum atomic E-state index is -0.126. The average molecular weight is 308 g/mol. The number of hydrogen-bond donors (Lipinski definition) is 2. The molecule has 110 valence electrons. The maximum absolute atomic E-state index is 11.7. The predicted molar refractivity (Wildman–Crippen MR) is 80.2 cm³/mol. The van der Waals surface area contributed by atoms with Crippen molar-refractivity contribution in [3.8, 4) is 0 Å². The summed E-state index contributed by atoms with van der Waals surface area (Å²) in [7, 11) is 0. The van der Waals surface area contributed by atoms with Gasteiger partial charge < -0.3 is 15.8 Å². The van der Waals surface area contributed by atoms with Gasteiger partial charge in [-0.1, -0.05) is 0 Å². The number of carbonyl (C=O) groups excluding carboxylic acids is 1. The lowest BCUT2D eigenvalue weighted by atomic mass is 10.4. The monoisotopic (exact) mass is 307 g/mol. The van der Waals surface area contributed by atoms with Crippen LogP contribution in [0.4, 0.5) is 0 Å². The first-order valence-electron chi connectivity index (χ1n) is 6.17. The molecular weight excluding hydrogens is 286 g/mol. The number of aromatic nitrogens is 1. The van der Waals surface area contributed by atoms with Crippen molar-refractivity contribution in [1.29, 1.82) is 0 Å². The first-order valence-corrected chi connectivity index (χ1v) is 7.05. The molecule has 0 aromatic carbocycles. The van der Waals surface area contributed by atoms with Crippen LogP contribution in [-0.4, -0.2) is 36.7 Å². The molecule has 3 N–H and O–H groups in total. The minimum Gasteiger partial charge on any atom is -0.379 e. The second-order valence-corrected chi connectivity index (χ2v) is 5.14. The Labute approximate surface area is 124 Å². The summed E-state index contributed by atoms with van der Waals surface area (Å²) in [5.41, 5.74) is 5.92. The molecule has 0 atom stereocenters. The van der Waals surface area contributed by atoms with E-state index in [1.54, 1.807) is 5.38 Å². The summed E-state index contributed by atoms with van der Waals surface area (Å²) in [5.74, 6) is -0.126. The zero-order valence-corrected chi connectivity index (χ0v) is 13.0. The highest BCUT2D eigenvalue weighted by Gasteiger charge is 2.09. The molecule has 0 fully saturated rings. The van der Waals surface area contributed by atoms with Crippen LogP contribution in [0.2, 0.25) is 0 Å². The molecule has 1 aromatic rings. The molecule has 0 aliphatic rings. The van der Waals surface area contributed by atoms with E-state index in [4.69, 9.17) is 10.5 Å². The summed E-state index contributed by atoms with van der Waals surface area (Å²) in [5, 5.41) is 5.50. The molecule has 0 bridgehead atoms. The fourth-order valence-corrected chi connectivity index (χ4v) is 2.13. The second-order valence-electron chi connectivity index (χ2n) is 4.19. The van der Waals surface area contributed by atoms with Gasteiger partial charge >= 0.3 is 0 Å². The van der Waals surface area contributed by atoms with Crippen molar-refractivity contribution in [2.45, 2.75) is 32.8 Å². The van der Waals surface area contributed by atoms with Crippen molar-refractivity contribution in [3.63, 3.8) is 0 Å². The number of nitrogens with zero attached hydrogens (tertiary/aromatic N) is 1. The number of amides is 1. The van der Waals surface area contributed by atoms with Crippen LogP contribution in [-0.2, 0) is 11.2 Å². The largest absolute Gasteiger partial charge is 0.379 e. The number of thiazole rings is 1. The molecule has 1 aromatic heterocycles. The van der Waals surface area contributed by atoms with Gasteiger partial charge in [-0.15, -0.1) is 23.7 Å². The molecule has 5 nitrogen and oxygen atoms in total. The van der Waals surface area contributed by atoms with Crippen LogP contribution in [0.15, 0.2) is 5.38 Å². The third-order valence-corrected chi connectivity index (χ3v) is 3.11. The van der Waals surface area contributed by atoms with Crippen molar-refractivity contribution in [3.05, 3.63) is 16.1 Å². The van der Waals surface area contributed by atoms with E-state index in [9.17, 15) is 4.79 Å². The summed E-state index contributed by atoms with van der Waals surface area (Å²) in [6.07, 6.45) is 1.77. The van der Waals surface area contributed by atoms with Crippen molar-refractivity contribution >= 4 is 29.7 Å². The fraction of sp³-hybridized carbons (Fsp3) is 0.667. The first kappa shape index (κ1) is 18.3. The molecular formula is C12H22ClN3O2S. The van der Waals surface area contributed by atoms with Gasteiger partial charge in [0.2, 0.25) is 0 Å². The number of halogens is 1. The predicted octanol–water partition coefficient (Wildman–Crippen LogP) is 1.61. The summed E-state index contributed by atoms with van der Waals surface area (Å²) in [6.45, 7) is 5.81. The van der Waals surface area contributed by atoms with Crippen LogP contribution in [0.5, 0.6) is 0 Å². The van der Waals surface area contributed by atoms with Gasteiger partial charge in [0.15, 0.2) is 0 Å². The Morgan fingerprint density at radius 1 is 1.58 bits per heavy atom. The maximum atomic E-state index is 11.7. The van der Waals surface area contributed by atoms with Crippen LogP contribution in [0, 0.1) is 0 Å². The highest BCUT2D eigenvalue weighted by atomic mass is 35.5. The van der Waals surface area contributed by atoms with Gasteiger partial charge in [-0.05, 0) is 26.8 Å². The van der Waals surface area contributed by atoms with Crippen LogP contribution >= 0.6 is 23.7 Å². The smallest absolute Gasteiger partial charge is 0.270 e. The summed E-state index contributed by atoms with van der Waals surface area (Å²) >= 11 is 1.47. The first-order chi connectivity index (χ1) is 8.63. The van der Waals surface area contributed by atoms with Crippen LogP contribution < -0.4 is 11.1 Å². The highest BCUT2D eigenvalue weighted by molar-refractivity contribution is 7.09. The van der Waals surface area contributed by atoms with E-state index >= 15 is 0 Å². The van der Waals surface area contributed by atoms with Gasteiger partial charge in [0.1, 0.15) is 5.69 Å². The van der Waals surface area contributed by atoms with Crippen LogP contribution in [0.25, 0.3) is 0 Å². The van der Waals surface area contributed by atoms with E-state index in [-0.39, 0.29) is 24.4 Å². The van der Waals surface area contributed by atoms with E-state index in [0.29, 0.717) is 25.4 Å². The Morgan fingerprint density at radius 2 is 2.32 bits per heavy atom. The Balaban J connectivity index is 0.00000324. The van der Waals surface area contributed by atoms with Crippen LogP contribution in [0.3, 0.4) is 0 Å². The topological polar surface area (TPSA) is 77.2 Å². The average Bonchev–Trinajstić information content (AvgIpc) is 2.77. The third-order valence-electron chi connectivity index (χ3n) is 2.20. The maximum Gasteiger partial charge on any atom is 0.270 e. The molecule has 1 rings (SSSR count). The number of hydrogen-bond acceptors (Lipinski definition) is 5. The van der Waals surface area contributed by atoms with E-state index in [1.165, 1.54) is 11.3 Å². The quantitative estimate of drug-likeness (QED) is 0.715. The molecule has 19 heavy (non-hydrogen) atoms. The van der Waals surface area contributed by atoms with Gasteiger partial charge in [0.25, 0.3) is 5.91 Å². The van der Waals surface area contributed by atoms with Gasteiger partial charge in [-0.25, -0.2) is 4.98 Å². The van der Waals surface area contributed by atoms with Crippen molar-refractivity contribution in [1.82, 2.24) is 10.3 Å². The molecule has 0 aliphatic heterocycles. The lowest BCUT2D eigenvalue weighted by molar-refractivity contribution is 0.0756. The number of ether oxygens (including phenoxy) is 1. The molecule has 1 amide bonds. The summed E-state index contributed by atoms with van der Waals surface area (Å²) in [4.78, 5) is 15.9. The van der Waals surface area contributed by atoms with E-state index in [0.717, 1.165) is 17.8 Å². The molecule has 0 spiro atoms. The Bertz CT molecular complexity index is 372. The Morgan fingerprint density at radius 3 is 2.95 bits per heavy atom. The van der Waals surface area contributed by atoms with Gasteiger partial charge in [0, 0.05) is 25.0 Å². The highest BCUT2D eigenvalue weighted by Crippen LogP contribution is 2.09. The Hall–Kier alpha value is -0.690. The lowest BCUT2D eigenvalue weighted by Crippen LogP contribution is -2.26. The van der Waals surface area contributed by atoms with Gasteiger partial charge in [-0.3, -0.25) is 4.79 Å². The number of nitrogens with one attached hydrogen (secondary N) is 1. The minimum absolute atomic E-state index is 0. The van der Waals surface area contributed by atoms with E-state index < -0.39 is 0 Å². The van der Waals surface area contributed by atoms with Gasteiger partial charge in [0.05, 0.1) is 11.1 Å². The van der Waals surface area contributed by atoms with E-state index in [2.05, 4.69) is 10.3 Å². The van der Waals surface area contributed by atoms with E-state index in [1.807, 2.05) is 13.8 Å². The normalized spacial score (nSPS) is 10.3. The zero-order valence-electron chi connectivity index (χ0n) is 11.3. The second kappa shape index (κ2) is 10.1. The Kier molecular flexibility index (Phi) is 9.77. The molecule has 0 radical (unpaired) electrons. The molecule has 0 saturated heterocycles. The van der Waals surface area contributed by atoms with Crippen molar-refractivity contribution in [2.75, 3.05) is 19.7 Å². The van der Waals surface area contributed by atoms with Crippen molar-refractivity contribution in [2.24, 2.45) is 5.73 Å². The van der Waals surface area contributed by atoms with Crippen LogP contribution in [0.1, 0.15) is 35.8 Å². The summed E-state index contributed by atoms with van der Waals surface area (Å²) < 4.78 is 5.39. The molecule has 0 saturated carbocycles. The standard InChI is InChI=1S/C12H21N3O2S.ClH/c1-9(2)17-7-3-6-14-12(16)10-8-18-11(15-10)4-5-13;/h8-9H,3-7,13H2,1-2H3,(H,14,16);1H. The summed E-state index contributed by atoms with van der Waals surface area (Å²) in [6, 6.07) is 0. The molecule has 7 heteroatoms. The number of rotatable bonds is 8. The molecule has 0 aliphatic carbocycles. The van der Waals surface area contributed by atoms with Gasteiger partial charge in [-0.2, -0.15) is 0 Å². The SMILES string of the molecule is CC(C)OCCCNC(=O)c1csc(CCN)n1.Cl.